The maximum Gasteiger partial charge on any atom is 0.126 e. The topological polar surface area (TPSA) is 46.0 Å². The normalized spacial score (nSPS) is 15.0. The van der Waals surface area contributed by atoms with Crippen molar-refractivity contribution in [3.05, 3.63) is 17.6 Å². The summed E-state index contributed by atoms with van der Waals surface area (Å²) < 4.78 is 0. The second-order valence-corrected chi connectivity index (χ2v) is 5.06. The molecule has 0 radical (unpaired) electrons. The van der Waals surface area contributed by atoms with Gasteiger partial charge in [-0.15, -0.1) is 11.8 Å². The highest BCUT2D eigenvalue weighted by atomic mass is 32.2. The molecule has 2 unspecified atom stereocenters. The van der Waals surface area contributed by atoms with Crippen molar-refractivity contribution in [2.45, 2.75) is 50.5 Å². The lowest BCUT2D eigenvalue weighted by atomic mass is 10.3. The average molecular weight is 226 g/mol. The third-order valence-electron chi connectivity index (χ3n) is 2.22. The summed E-state index contributed by atoms with van der Waals surface area (Å²) in [6.07, 6.45) is 0.593. The molecule has 0 aliphatic carbocycles. The Bertz CT molecular complexity index is 328. The van der Waals surface area contributed by atoms with E-state index in [2.05, 4.69) is 16.9 Å². The molecule has 0 saturated carbocycles. The molecule has 0 spiro atoms. The maximum absolute atomic E-state index is 9.41. The zero-order valence-corrected chi connectivity index (χ0v) is 10.5. The summed E-state index contributed by atoms with van der Waals surface area (Å²) in [6.45, 7) is 7.77. The van der Waals surface area contributed by atoms with Gasteiger partial charge in [0.1, 0.15) is 10.9 Å². The highest BCUT2D eigenvalue weighted by Gasteiger charge is 2.12. The summed E-state index contributed by atoms with van der Waals surface area (Å²) in [5, 5.41) is 10.5. The molecule has 1 aromatic rings. The van der Waals surface area contributed by atoms with Crippen LogP contribution in [-0.4, -0.2) is 26.4 Å². The van der Waals surface area contributed by atoms with Gasteiger partial charge >= 0.3 is 0 Å². The number of thioether (sulfide) groups is 1. The molecule has 1 rings (SSSR count). The molecule has 0 aromatic carbocycles. The number of hydrogen-bond acceptors (Lipinski definition) is 4. The predicted octanol–water partition coefficient (Wildman–Crippen LogP) is 2.21. The molecule has 84 valence electrons. The van der Waals surface area contributed by atoms with Crippen molar-refractivity contribution in [3.8, 4) is 0 Å². The summed E-state index contributed by atoms with van der Waals surface area (Å²) in [5.74, 6) is 0.801. The first kappa shape index (κ1) is 12.5. The molecule has 0 aliphatic rings. The number of nitrogens with zero attached hydrogens (tertiary/aromatic N) is 2. The smallest absolute Gasteiger partial charge is 0.126 e. The molecule has 0 saturated heterocycles. The van der Waals surface area contributed by atoms with Gasteiger partial charge in [0.25, 0.3) is 0 Å². The van der Waals surface area contributed by atoms with Crippen LogP contribution in [0.25, 0.3) is 0 Å². The SMILES string of the molecule is CCc1cc(SC(C)C(C)O)nc(C)n1. The Morgan fingerprint density at radius 1 is 1.40 bits per heavy atom. The molecular weight excluding hydrogens is 208 g/mol. The molecule has 1 heterocycles. The van der Waals surface area contributed by atoms with Gasteiger partial charge in [0.2, 0.25) is 0 Å². The van der Waals surface area contributed by atoms with Crippen LogP contribution >= 0.6 is 11.8 Å². The molecule has 0 amide bonds. The van der Waals surface area contributed by atoms with E-state index in [4.69, 9.17) is 0 Å². The molecule has 0 fully saturated rings. The van der Waals surface area contributed by atoms with Crippen LogP contribution in [0, 0.1) is 6.92 Å². The lowest BCUT2D eigenvalue weighted by Crippen LogP contribution is -2.15. The Morgan fingerprint density at radius 3 is 2.60 bits per heavy atom. The Balaban J connectivity index is 2.80. The minimum Gasteiger partial charge on any atom is -0.392 e. The summed E-state index contributed by atoms with van der Waals surface area (Å²) in [6, 6.07) is 2.00. The van der Waals surface area contributed by atoms with Crippen molar-refractivity contribution < 1.29 is 5.11 Å². The highest BCUT2D eigenvalue weighted by Crippen LogP contribution is 2.23. The fourth-order valence-corrected chi connectivity index (χ4v) is 2.10. The molecule has 4 heteroatoms. The van der Waals surface area contributed by atoms with Gasteiger partial charge < -0.3 is 5.11 Å². The minimum atomic E-state index is -0.324. The van der Waals surface area contributed by atoms with Gasteiger partial charge in [0.05, 0.1) is 6.10 Å². The largest absolute Gasteiger partial charge is 0.392 e. The zero-order valence-electron chi connectivity index (χ0n) is 9.69. The van der Waals surface area contributed by atoms with E-state index in [-0.39, 0.29) is 11.4 Å². The van der Waals surface area contributed by atoms with Crippen molar-refractivity contribution in [3.63, 3.8) is 0 Å². The minimum absolute atomic E-state index is 0.156. The molecular formula is C11H18N2OS. The van der Waals surface area contributed by atoms with Crippen LogP contribution in [0.5, 0.6) is 0 Å². The van der Waals surface area contributed by atoms with Gasteiger partial charge in [-0.05, 0) is 26.3 Å². The van der Waals surface area contributed by atoms with E-state index in [9.17, 15) is 5.11 Å². The standard InChI is InChI=1S/C11H18N2OS/c1-5-10-6-11(13-9(4)12-10)15-8(3)7(2)14/h6-8,14H,5H2,1-4H3. The van der Waals surface area contributed by atoms with E-state index in [1.54, 1.807) is 18.7 Å². The molecule has 0 aliphatic heterocycles. The van der Waals surface area contributed by atoms with Crippen molar-refractivity contribution in [2.24, 2.45) is 0 Å². The maximum atomic E-state index is 9.41. The summed E-state index contributed by atoms with van der Waals surface area (Å²) in [4.78, 5) is 8.66. The molecule has 3 nitrogen and oxygen atoms in total. The first-order valence-corrected chi connectivity index (χ1v) is 6.10. The van der Waals surface area contributed by atoms with Crippen LogP contribution in [-0.2, 0) is 6.42 Å². The Kier molecular flexibility index (Phi) is 4.54. The monoisotopic (exact) mass is 226 g/mol. The van der Waals surface area contributed by atoms with Crippen LogP contribution < -0.4 is 0 Å². The second-order valence-electron chi connectivity index (χ2n) is 3.66. The Morgan fingerprint density at radius 2 is 2.07 bits per heavy atom. The van der Waals surface area contributed by atoms with Crippen LogP contribution in [0.15, 0.2) is 11.1 Å². The van der Waals surface area contributed by atoms with E-state index in [0.717, 1.165) is 23.0 Å². The fraction of sp³-hybridized carbons (Fsp3) is 0.636. The van der Waals surface area contributed by atoms with Gasteiger partial charge in [-0.25, -0.2) is 9.97 Å². The molecule has 15 heavy (non-hydrogen) atoms. The van der Waals surface area contributed by atoms with Crippen molar-refractivity contribution in [1.29, 1.82) is 0 Å². The predicted molar refractivity (Wildman–Crippen MR) is 63.1 cm³/mol. The highest BCUT2D eigenvalue weighted by molar-refractivity contribution is 7.99. The van der Waals surface area contributed by atoms with E-state index in [1.807, 2.05) is 19.9 Å². The Labute approximate surface area is 95.3 Å². The number of aryl methyl sites for hydroxylation is 2. The van der Waals surface area contributed by atoms with Gasteiger partial charge in [-0.2, -0.15) is 0 Å². The van der Waals surface area contributed by atoms with Crippen LogP contribution in [0.1, 0.15) is 32.3 Å². The molecule has 0 bridgehead atoms. The molecule has 1 aromatic heterocycles. The van der Waals surface area contributed by atoms with Gasteiger partial charge in [0, 0.05) is 10.9 Å². The molecule has 2 atom stereocenters. The lowest BCUT2D eigenvalue weighted by molar-refractivity contribution is 0.196. The first-order valence-electron chi connectivity index (χ1n) is 5.22. The number of hydrogen-bond donors (Lipinski definition) is 1. The Hall–Kier alpha value is -0.610. The third kappa shape index (κ3) is 3.80. The van der Waals surface area contributed by atoms with Gasteiger partial charge in [0.15, 0.2) is 0 Å². The van der Waals surface area contributed by atoms with Crippen molar-refractivity contribution >= 4 is 11.8 Å². The van der Waals surface area contributed by atoms with E-state index >= 15 is 0 Å². The number of aromatic nitrogens is 2. The van der Waals surface area contributed by atoms with Gasteiger partial charge in [-0.3, -0.25) is 0 Å². The average Bonchev–Trinajstić information content (AvgIpc) is 2.16. The van der Waals surface area contributed by atoms with Crippen molar-refractivity contribution in [2.75, 3.05) is 0 Å². The fourth-order valence-electron chi connectivity index (χ4n) is 1.13. The number of rotatable bonds is 4. The van der Waals surface area contributed by atoms with E-state index in [0.29, 0.717) is 0 Å². The summed E-state index contributed by atoms with van der Waals surface area (Å²) >= 11 is 1.59. The summed E-state index contributed by atoms with van der Waals surface area (Å²) in [7, 11) is 0. The zero-order chi connectivity index (χ0) is 11.4. The number of aliphatic hydroxyl groups is 1. The van der Waals surface area contributed by atoms with Crippen molar-refractivity contribution in [1.82, 2.24) is 9.97 Å². The summed E-state index contributed by atoms with van der Waals surface area (Å²) in [5.41, 5.74) is 1.06. The molecule has 1 N–H and O–H groups in total. The second kappa shape index (κ2) is 5.47. The first-order chi connectivity index (χ1) is 7.02. The van der Waals surface area contributed by atoms with Crippen LogP contribution in [0.2, 0.25) is 0 Å². The van der Waals surface area contributed by atoms with Gasteiger partial charge in [-0.1, -0.05) is 13.8 Å². The lowest BCUT2D eigenvalue weighted by Gasteiger charge is -2.13. The third-order valence-corrected chi connectivity index (χ3v) is 3.43. The van der Waals surface area contributed by atoms with E-state index < -0.39 is 0 Å². The van der Waals surface area contributed by atoms with E-state index in [1.165, 1.54) is 0 Å². The number of aliphatic hydroxyl groups excluding tert-OH is 1. The quantitative estimate of drug-likeness (QED) is 0.631. The van der Waals surface area contributed by atoms with Crippen LogP contribution in [0.4, 0.5) is 0 Å². The van der Waals surface area contributed by atoms with Crippen LogP contribution in [0.3, 0.4) is 0 Å².